The molecule has 1 radical (unpaired) electrons. The molecule has 0 unspecified atom stereocenters. The fourth-order valence-corrected chi connectivity index (χ4v) is 0. The maximum Gasteiger partial charge on any atom is 2.00 e. The van der Waals surface area contributed by atoms with Gasteiger partial charge < -0.3 is 79.9 Å². The van der Waals surface area contributed by atoms with E-state index in [2.05, 4.69) is 0 Å². The van der Waals surface area contributed by atoms with Gasteiger partial charge in [-0.15, -0.1) is 0 Å². The molecule has 18 N–H and O–H groups in total. The molecule has 0 aliphatic carbocycles. The van der Waals surface area contributed by atoms with Crippen molar-refractivity contribution < 1.29 is 76.5 Å². The van der Waals surface area contributed by atoms with E-state index in [0.29, 0.717) is 0 Å². The predicted molar refractivity (Wildman–Crippen MR) is 53.2 cm³/mol. The van der Waals surface area contributed by atoms with Gasteiger partial charge in [0, 0.05) is 0 Å². The van der Waals surface area contributed by atoms with E-state index in [1.807, 2.05) is 0 Å². The summed E-state index contributed by atoms with van der Waals surface area (Å²) in [4.78, 5) is 16.5. The number of rotatable bonds is 0. The second-order valence-electron chi connectivity index (χ2n) is 0.447. The van der Waals surface area contributed by atoms with Crippen molar-refractivity contribution in [2.24, 2.45) is 0 Å². The minimum Gasteiger partial charge on any atom is -0.412 e. The molecule has 0 spiro atoms. The van der Waals surface area contributed by atoms with Crippen LogP contribution >= 0.6 is 0 Å². The maximum absolute atomic E-state index is 8.25. The van der Waals surface area contributed by atoms with Gasteiger partial charge in [-0.25, -0.2) is 0 Å². The summed E-state index contributed by atoms with van der Waals surface area (Å²) >= 11 is 0. The molecule has 0 saturated heterocycles. The van der Waals surface area contributed by atoms with E-state index >= 15 is 0 Å². The van der Waals surface area contributed by atoms with Gasteiger partial charge >= 0.3 is 17.1 Å². The number of hydrogen-bond acceptors (Lipinski definition) is 6. The van der Waals surface area contributed by atoms with Crippen molar-refractivity contribution in [2.45, 2.75) is 0 Å². The SMILES string of the molecule is O.O.O.O.O.O.O.O.O.O=[N+]([O-])[O-].O=[N+]([O-])[O-].[Mn+2]. The van der Waals surface area contributed by atoms with Crippen molar-refractivity contribution in [3.8, 4) is 0 Å². The van der Waals surface area contributed by atoms with Crippen LogP contribution < -0.4 is 0 Å². The largest absolute Gasteiger partial charge is 2.00 e. The summed E-state index contributed by atoms with van der Waals surface area (Å²) < 4.78 is 0. The third-order valence-corrected chi connectivity index (χ3v) is 0. The van der Waals surface area contributed by atoms with E-state index in [9.17, 15) is 0 Å². The monoisotopic (exact) mass is 341 g/mol. The van der Waals surface area contributed by atoms with Crippen LogP contribution in [-0.2, 0) is 17.1 Å². The first-order chi connectivity index (χ1) is 3.46. The molecule has 0 bridgehead atoms. The van der Waals surface area contributed by atoms with Gasteiger partial charge in [-0.3, -0.25) is 0 Å². The Morgan fingerprint density at radius 3 is 0.444 bits per heavy atom. The Bertz CT molecular complexity index is 72.5. The number of nitrogens with zero attached hydrogens (tertiary/aromatic N) is 2. The Labute approximate surface area is 108 Å². The Morgan fingerprint density at radius 2 is 0.444 bits per heavy atom. The molecule has 0 amide bonds. The Hall–Kier alpha value is -1.44. The van der Waals surface area contributed by atoms with Crippen LogP contribution in [0.5, 0.6) is 0 Å². The summed E-state index contributed by atoms with van der Waals surface area (Å²) in [5.74, 6) is 0. The molecule has 0 aliphatic rings. The molecule has 0 fully saturated rings. The molecule has 0 aliphatic heterocycles. The first-order valence-electron chi connectivity index (χ1n) is 1.10. The van der Waals surface area contributed by atoms with Crippen LogP contribution in [-0.4, -0.2) is 59.5 Å². The van der Waals surface area contributed by atoms with Crippen molar-refractivity contribution in [3.63, 3.8) is 0 Å². The Kier molecular flexibility index (Phi) is 1700. The number of hydrogen-bond donors (Lipinski definition) is 0. The summed E-state index contributed by atoms with van der Waals surface area (Å²) in [5.41, 5.74) is 0. The zero-order valence-electron chi connectivity index (χ0n) is 8.22. The topological polar surface area (TPSA) is 416 Å². The van der Waals surface area contributed by atoms with Crippen LogP contribution in [0.4, 0.5) is 0 Å². The third-order valence-electron chi connectivity index (χ3n) is 0. The van der Waals surface area contributed by atoms with Crippen LogP contribution in [0.2, 0.25) is 0 Å². The zero-order chi connectivity index (χ0) is 7.15. The molecule has 17 nitrogen and oxygen atoms in total. The second kappa shape index (κ2) is 159. The van der Waals surface area contributed by atoms with Crippen molar-refractivity contribution >= 4 is 0 Å². The molecular weight excluding hydrogens is 323 g/mol. The third kappa shape index (κ3) is 1290. The standard InChI is InChI=1S/Mn.2NO3.9H2O/c;2*2-1(3)4;;;;;;;;;/h;;;9*1H2/q+2;2*-1;;;;;;;;;. The average molecular weight is 341 g/mol. The van der Waals surface area contributed by atoms with Gasteiger partial charge in [0.2, 0.25) is 0 Å². The summed E-state index contributed by atoms with van der Waals surface area (Å²) in [6, 6.07) is 0. The minimum atomic E-state index is -1.75. The van der Waals surface area contributed by atoms with Gasteiger partial charge in [0.25, 0.3) is 0 Å². The molecule has 18 heteroatoms. The van der Waals surface area contributed by atoms with E-state index in [0.717, 1.165) is 0 Å². The molecule has 0 atom stereocenters. The minimum absolute atomic E-state index is 0. The van der Waals surface area contributed by atoms with Gasteiger partial charge in [-0.2, -0.15) is 0 Å². The molecule has 0 aromatic carbocycles. The Balaban J connectivity index is -0.00000000257. The van der Waals surface area contributed by atoms with Crippen LogP contribution in [0.15, 0.2) is 0 Å². The fraction of sp³-hybridized carbons (Fsp3) is 0. The smallest absolute Gasteiger partial charge is 0.412 e. The van der Waals surface area contributed by atoms with Crippen molar-refractivity contribution in [3.05, 3.63) is 30.6 Å². The molecule has 0 aromatic rings. The van der Waals surface area contributed by atoms with Gasteiger partial charge in [-0.05, 0) is 0 Å². The summed E-state index contributed by atoms with van der Waals surface area (Å²) in [6.07, 6.45) is 0. The molecule has 18 heavy (non-hydrogen) atoms. The maximum atomic E-state index is 8.25. The normalized spacial score (nSPS) is 2.67. The second-order valence-corrected chi connectivity index (χ2v) is 0.447. The molecular formula is H18MnN2O15. The van der Waals surface area contributed by atoms with E-state index in [1.165, 1.54) is 0 Å². The van der Waals surface area contributed by atoms with Crippen LogP contribution in [0, 0.1) is 30.6 Å². The first kappa shape index (κ1) is 193. The average Bonchev–Trinajstić information content (AvgIpc) is 1.25. The fourth-order valence-electron chi connectivity index (χ4n) is 0. The van der Waals surface area contributed by atoms with Gasteiger partial charge in [-0.1, -0.05) is 0 Å². The van der Waals surface area contributed by atoms with Crippen molar-refractivity contribution in [1.82, 2.24) is 0 Å². The van der Waals surface area contributed by atoms with Crippen molar-refractivity contribution in [2.75, 3.05) is 0 Å². The summed E-state index contributed by atoms with van der Waals surface area (Å²) in [7, 11) is 0. The van der Waals surface area contributed by atoms with Gasteiger partial charge in [0.15, 0.2) is 0 Å². The summed E-state index contributed by atoms with van der Waals surface area (Å²) in [5, 5.41) is 29.5. The van der Waals surface area contributed by atoms with Crippen LogP contribution in [0.25, 0.3) is 0 Å². The molecule has 0 rings (SSSR count). The molecule has 0 heterocycles. The van der Waals surface area contributed by atoms with Crippen molar-refractivity contribution in [1.29, 1.82) is 0 Å². The zero-order valence-corrected chi connectivity index (χ0v) is 9.40. The van der Waals surface area contributed by atoms with E-state index in [-0.39, 0.29) is 66.4 Å². The van der Waals surface area contributed by atoms with Crippen LogP contribution in [0.1, 0.15) is 0 Å². The van der Waals surface area contributed by atoms with Gasteiger partial charge in [0.1, 0.15) is 0 Å². The van der Waals surface area contributed by atoms with Crippen LogP contribution in [0.3, 0.4) is 0 Å². The van der Waals surface area contributed by atoms with E-state index < -0.39 is 10.2 Å². The molecule has 125 valence electrons. The van der Waals surface area contributed by atoms with E-state index in [1.54, 1.807) is 0 Å². The Morgan fingerprint density at radius 1 is 0.444 bits per heavy atom. The predicted octanol–water partition coefficient (Wildman–Crippen LogP) is -7.90. The molecule has 0 aromatic heterocycles. The summed E-state index contributed by atoms with van der Waals surface area (Å²) in [6.45, 7) is 0. The quantitative estimate of drug-likeness (QED) is 0.233. The first-order valence-corrected chi connectivity index (χ1v) is 1.10. The van der Waals surface area contributed by atoms with E-state index in [4.69, 9.17) is 30.6 Å². The molecule has 0 saturated carbocycles. The van der Waals surface area contributed by atoms with Gasteiger partial charge in [0.05, 0.1) is 10.2 Å².